The lowest BCUT2D eigenvalue weighted by molar-refractivity contribution is 0.662. The Hall–Kier alpha value is -7.68. The van der Waals surface area contributed by atoms with E-state index >= 15 is 0 Å². The first-order valence-electron chi connectivity index (χ1n) is 21.2. The van der Waals surface area contributed by atoms with E-state index in [-0.39, 0.29) is 5.41 Å². The van der Waals surface area contributed by atoms with Gasteiger partial charge in [-0.15, -0.1) is 0 Å². The molecule has 61 heavy (non-hydrogen) atoms. The zero-order chi connectivity index (χ0) is 40.7. The SMILES string of the molecule is CC1(C)c2ccccc2-c2cccc(-c3ccccc3-c3cc(-c4ccc(-c5c6ccccc6cc6c5ccc5ccccc56)c5ccccc45)nc(-c4ccccc4)n3)c21. The highest BCUT2D eigenvalue weighted by Crippen LogP contribution is 2.53. The molecular formula is C59H40N2. The highest BCUT2D eigenvalue weighted by molar-refractivity contribution is 6.23. The third-order valence-corrected chi connectivity index (χ3v) is 13.1. The van der Waals surface area contributed by atoms with Gasteiger partial charge < -0.3 is 0 Å². The normalized spacial score (nSPS) is 12.9. The third-order valence-electron chi connectivity index (χ3n) is 13.1. The predicted octanol–water partition coefficient (Wildman–Crippen LogP) is 15.7. The number of rotatable bonds is 5. The molecule has 0 bridgehead atoms. The van der Waals surface area contributed by atoms with Crippen molar-refractivity contribution in [2.75, 3.05) is 0 Å². The van der Waals surface area contributed by atoms with Crippen LogP contribution in [0.4, 0.5) is 0 Å². The number of fused-ring (bicyclic) bond motifs is 8. The molecule has 0 atom stereocenters. The molecule has 0 saturated carbocycles. The van der Waals surface area contributed by atoms with Crippen LogP contribution in [0.3, 0.4) is 0 Å². The van der Waals surface area contributed by atoms with Crippen LogP contribution in [0.15, 0.2) is 206 Å². The number of benzene rings is 10. The van der Waals surface area contributed by atoms with Crippen LogP contribution < -0.4 is 0 Å². The first kappa shape index (κ1) is 35.3. The molecule has 1 aliphatic rings. The molecule has 12 rings (SSSR count). The van der Waals surface area contributed by atoms with Crippen LogP contribution >= 0.6 is 0 Å². The van der Waals surface area contributed by atoms with Crippen molar-refractivity contribution >= 4 is 43.1 Å². The van der Waals surface area contributed by atoms with Gasteiger partial charge in [0.2, 0.25) is 0 Å². The number of hydrogen-bond acceptors (Lipinski definition) is 2. The lowest BCUT2D eigenvalue weighted by atomic mass is 9.78. The monoisotopic (exact) mass is 776 g/mol. The predicted molar refractivity (Wildman–Crippen MR) is 257 cm³/mol. The minimum Gasteiger partial charge on any atom is -0.228 e. The van der Waals surface area contributed by atoms with E-state index in [1.807, 2.05) is 6.07 Å². The summed E-state index contributed by atoms with van der Waals surface area (Å²) in [6.45, 7) is 4.72. The molecule has 2 heteroatoms. The van der Waals surface area contributed by atoms with Crippen LogP contribution in [0.2, 0.25) is 0 Å². The molecule has 286 valence electrons. The molecule has 1 heterocycles. The maximum atomic E-state index is 5.39. The van der Waals surface area contributed by atoms with Crippen molar-refractivity contribution in [3.05, 3.63) is 217 Å². The molecule has 0 N–H and O–H groups in total. The van der Waals surface area contributed by atoms with Gasteiger partial charge in [0, 0.05) is 22.1 Å². The van der Waals surface area contributed by atoms with E-state index in [1.54, 1.807) is 0 Å². The van der Waals surface area contributed by atoms with Crippen molar-refractivity contribution in [2.45, 2.75) is 19.3 Å². The number of nitrogens with zero attached hydrogens (tertiary/aromatic N) is 2. The van der Waals surface area contributed by atoms with Gasteiger partial charge in [0.15, 0.2) is 5.82 Å². The molecule has 1 aromatic heterocycles. The first-order valence-corrected chi connectivity index (χ1v) is 21.2. The van der Waals surface area contributed by atoms with E-state index in [4.69, 9.17) is 9.97 Å². The van der Waals surface area contributed by atoms with Crippen LogP contribution in [0.5, 0.6) is 0 Å². The molecule has 11 aromatic rings. The Kier molecular flexibility index (Phi) is 7.92. The summed E-state index contributed by atoms with van der Waals surface area (Å²) in [6.07, 6.45) is 0. The van der Waals surface area contributed by atoms with E-state index in [0.717, 1.165) is 33.5 Å². The van der Waals surface area contributed by atoms with Crippen LogP contribution in [-0.2, 0) is 5.41 Å². The number of hydrogen-bond donors (Lipinski definition) is 0. The average Bonchev–Trinajstić information content (AvgIpc) is 3.56. The summed E-state index contributed by atoms with van der Waals surface area (Å²) in [5.74, 6) is 0.703. The zero-order valence-corrected chi connectivity index (χ0v) is 34.0. The van der Waals surface area contributed by atoms with E-state index in [9.17, 15) is 0 Å². The fourth-order valence-corrected chi connectivity index (χ4v) is 10.3. The largest absolute Gasteiger partial charge is 0.228 e. The second-order valence-electron chi connectivity index (χ2n) is 16.8. The summed E-state index contributed by atoms with van der Waals surface area (Å²) in [7, 11) is 0. The molecule has 2 nitrogen and oxygen atoms in total. The standard InChI is InChI=1S/C59H40N2/c1-59(2)53-30-15-14-26-45(53)51-29-16-28-50(57(51)59)44-25-12-13-27-46(44)54-36-55(61-58(60-54)38-18-4-3-5-19-38)47-33-34-48(43-24-11-10-23-42(43)47)56-41-22-9-7-20-39(41)35-52-40-21-8-6-17-37(40)31-32-49(52)56/h3-36H,1-2H3. The lowest BCUT2D eigenvalue weighted by Crippen LogP contribution is -2.16. The maximum absolute atomic E-state index is 5.39. The molecular weight excluding hydrogens is 737 g/mol. The summed E-state index contributed by atoms with van der Waals surface area (Å²) in [4.78, 5) is 10.8. The van der Waals surface area contributed by atoms with Crippen molar-refractivity contribution in [2.24, 2.45) is 0 Å². The first-order chi connectivity index (χ1) is 30.0. The molecule has 0 aliphatic heterocycles. The van der Waals surface area contributed by atoms with Gasteiger partial charge in [-0.1, -0.05) is 208 Å². The Morgan fingerprint density at radius 1 is 0.328 bits per heavy atom. The third kappa shape index (κ3) is 5.49. The molecule has 0 amide bonds. The Morgan fingerprint density at radius 2 is 0.885 bits per heavy atom. The molecule has 0 fully saturated rings. The van der Waals surface area contributed by atoms with Crippen LogP contribution in [0.25, 0.3) is 110 Å². The molecule has 0 radical (unpaired) electrons. The maximum Gasteiger partial charge on any atom is 0.160 e. The smallest absolute Gasteiger partial charge is 0.160 e. The van der Waals surface area contributed by atoms with Gasteiger partial charge in [-0.3, -0.25) is 0 Å². The Balaban J connectivity index is 1.09. The van der Waals surface area contributed by atoms with Gasteiger partial charge >= 0.3 is 0 Å². The lowest BCUT2D eigenvalue weighted by Gasteiger charge is -2.25. The van der Waals surface area contributed by atoms with E-state index in [2.05, 4.69) is 214 Å². The van der Waals surface area contributed by atoms with Gasteiger partial charge in [0.05, 0.1) is 11.4 Å². The highest BCUT2D eigenvalue weighted by atomic mass is 14.9. The van der Waals surface area contributed by atoms with Gasteiger partial charge in [-0.05, 0) is 99.7 Å². The average molecular weight is 777 g/mol. The Labute approximate surface area is 355 Å². The highest BCUT2D eigenvalue weighted by Gasteiger charge is 2.37. The van der Waals surface area contributed by atoms with Crippen molar-refractivity contribution < 1.29 is 0 Å². The minimum absolute atomic E-state index is 0.162. The van der Waals surface area contributed by atoms with Crippen molar-refractivity contribution in [3.63, 3.8) is 0 Å². The van der Waals surface area contributed by atoms with E-state index in [0.29, 0.717) is 5.82 Å². The van der Waals surface area contributed by atoms with Gasteiger partial charge in [-0.25, -0.2) is 9.97 Å². The topological polar surface area (TPSA) is 25.8 Å². The van der Waals surface area contributed by atoms with E-state index in [1.165, 1.54) is 82.2 Å². The summed E-state index contributed by atoms with van der Waals surface area (Å²) in [5.41, 5.74) is 15.0. The second kappa shape index (κ2) is 13.7. The second-order valence-corrected chi connectivity index (χ2v) is 16.8. The summed E-state index contributed by atoms with van der Waals surface area (Å²) >= 11 is 0. The van der Waals surface area contributed by atoms with Crippen LogP contribution in [0.1, 0.15) is 25.0 Å². The molecule has 1 aliphatic carbocycles. The van der Waals surface area contributed by atoms with Crippen molar-refractivity contribution in [1.82, 2.24) is 9.97 Å². The summed E-state index contributed by atoms with van der Waals surface area (Å²) in [6, 6.07) is 74.9. The van der Waals surface area contributed by atoms with Gasteiger partial charge in [0.25, 0.3) is 0 Å². The molecule has 0 unspecified atom stereocenters. The Morgan fingerprint density at radius 3 is 1.67 bits per heavy atom. The Bertz CT molecular complexity index is 3560. The fourth-order valence-electron chi connectivity index (χ4n) is 10.3. The van der Waals surface area contributed by atoms with Crippen LogP contribution in [-0.4, -0.2) is 9.97 Å². The van der Waals surface area contributed by atoms with Gasteiger partial charge in [-0.2, -0.15) is 0 Å². The molecule has 0 saturated heterocycles. The molecule has 0 spiro atoms. The summed E-state index contributed by atoms with van der Waals surface area (Å²) < 4.78 is 0. The summed E-state index contributed by atoms with van der Waals surface area (Å²) in [5, 5.41) is 9.85. The minimum atomic E-state index is -0.162. The van der Waals surface area contributed by atoms with Crippen molar-refractivity contribution in [1.29, 1.82) is 0 Å². The van der Waals surface area contributed by atoms with E-state index < -0.39 is 0 Å². The quantitative estimate of drug-likeness (QED) is 0.128. The number of aromatic nitrogens is 2. The van der Waals surface area contributed by atoms with Gasteiger partial charge in [0.1, 0.15) is 0 Å². The van der Waals surface area contributed by atoms with Crippen molar-refractivity contribution in [3.8, 4) is 67.3 Å². The van der Waals surface area contributed by atoms with Crippen LogP contribution in [0, 0.1) is 0 Å². The zero-order valence-electron chi connectivity index (χ0n) is 34.0. The fraction of sp³-hybridized carbons (Fsp3) is 0.0508. The molecule has 10 aromatic carbocycles.